The first-order valence-corrected chi connectivity index (χ1v) is 8.51. The number of anilines is 2. The zero-order chi connectivity index (χ0) is 19.0. The Morgan fingerprint density at radius 2 is 2.15 bits per heavy atom. The standard InChI is InChI=1S/C16H15ClN4O6/c17-10-5-18-16(19-8-2-1-3-9(4-8)21(23)24)20-15(10)27-12-7-26-13-11(22)6-25-14(12)13/h1-5,11-14,22H,6-7H2,(H,18,19,20)/t11-,12-,13-,14-/m1/s1. The molecule has 10 nitrogen and oxygen atoms in total. The normalized spacial score (nSPS) is 26.6. The molecule has 0 saturated carbocycles. The number of rotatable bonds is 5. The SMILES string of the molecule is O=[N+]([O-])c1cccc(Nc2ncc(Cl)c(O[C@@H]3CO[C@H]4[C@@H]3OC[C@H]4O)n2)c1. The predicted molar refractivity (Wildman–Crippen MR) is 93.3 cm³/mol. The Bertz CT molecular complexity index is 869. The minimum atomic E-state index is -0.685. The predicted octanol–water partition coefficient (Wildman–Crippen LogP) is 1.69. The van der Waals surface area contributed by atoms with Gasteiger partial charge in [0, 0.05) is 17.8 Å². The third-order valence-electron chi connectivity index (χ3n) is 4.27. The van der Waals surface area contributed by atoms with Gasteiger partial charge < -0.3 is 24.6 Å². The Hall–Kier alpha value is -2.53. The van der Waals surface area contributed by atoms with E-state index in [4.69, 9.17) is 25.8 Å². The fourth-order valence-electron chi connectivity index (χ4n) is 3.01. The number of fused-ring (bicyclic) bond motifs is 1. The molecule has 0 spiro atoms. The van der Waals surface area contributed by atoms with Crippen LogP contribution >= 0.6 is 11.6 Å². The Morgan fingerprint density at radius 3 is 2.96 bits per heavy atom. The Balaban J connectivity index is 1.50. The number of aliphatic hydroxyl groups is 1. The highest BCUT2D eigenvalue weighted by Gasteiger charge is 2.48. The number of halogens is 1. The van der Waals surface area contributed by atoms with E-state index in [0.29, 0.717) is 5.69 Å². The first kappa shape index (κ1) is 17.9. The first-order chi connectivity index (χ1) is 13.0. The largest absolute Gasteiger partial charge is 0.468 e. The van der Waals surface area contributed by atoms with Crippen molar-refractivity contribution in [1.29, 1.82) is 0 Å². The van der Waals surface area contributed by atoms with E-state index in [0.717, 1.165) is 0 Å². The van der Waals surface area contributed by atoms with Crippen molar-refractivity contribution < 1.29 is 24.2 Å². The zero-order valence-electron chi connectivity index (χ0n) is 13.8. The van der Waals surface area contributed by atoms with Gasteiger partial charge in [-0.2, -0.15) is 4.98 Å². The molecule has 3 heterocycles. The summed E-state index contributed by atoms with van der Waals surface area (Å²) in [5, 5.41) is 23.7. The number of ether oxygens (including phenoxy) is 3. The second kappa shape index (κ2) is 7.24. The molecule has 0 radical (unpaired) electrons. The summed E-state index contributed by atoms with van der Waals surface area (Å²) in [5.74, 6) is 0.288. The summed E-state index contributed by atoms with van der Waals surface area (Å²) in [6, 6.07) is 5.94. The number of nitrogens with one attached hydrogen (secondary N) is 1. The van der Waals surface area contributed by atoms with Gasteiger partial charge in [-0.15, -0.1) is 0 Å². The minimum absolute atomic E-state index is 0.0588. The van der Waals surface area contributed by atoms with E-state index in [1.807, 2.05) is 0 Å². The van der Waals surface area contributed by atoms with Gasteiger partial charge >= 0.3 is 0 Å². The maximum absolute atomic E-state index is 10.9. The maximum Gasteiger partial charge on any atom is 0.271 e. The number of aromatic nitrogens is 2. The number of nitrogens with zero attached hydrogens (tertiary/aromatic N) is 3. The summed E-state index contributed by atoms with van der Waals surface area (Å²) in [7, 11) is 0. The van der Waals surface area contributed by atoms with Crippen molar-refractivity contribution in [3.63, 3.8) is 0 Å². The van der Waals surface area contributed by atoms with Crippen LogP contribution in [-0.4, -0.2) is 57.6 Å². The topological polar surface area (TPSA) is 129 Å². The second-order valence-electron chi connectivity index (χ2n) is 6.10. The van der Waals surface area contributed by atoms with Crippen LogP contribution in [0.4, 0.5) is 17.3 Å². The average molecular weight is 395 g/mol. The number of aliphatic hydroxyl groups excluding tert-OH is 1. The highest BCUT2D eigenvalue weighted by atomic mass is 35.5. The molecule has 2 fully saturated rings. The van der Waals surface area contributed by atoms with Crippen LogP contribution in [0.5, 0.6) is 5.88 Å². The third-order valence-corrected chi connectivity index (χ3v) is 4.53. The molecule has 0 unspecified atom stereocenters. The monoisotopic (exact) mass is 394 g/mol. The van der Waals surface area contributed by atoms with Crippen LogP contribution in [0.25, 0.3) is 0 Å². The van der Waals surface area contributed by atoms with E-state index in [-0.39, 0.29) is 35.8 Å². The van der Waals surface area contributed by atoms with Crippen molar-refractivity contribution in [2.45, 2.75) is 24.4 Å². The van der Waals surface area contributed by atoms with Gasteiger partial charge in [0.1, 0.15) is 23.3 Å². The average Bonchev–Trinajstić information content (AvgIpc) is 3.22. The lowest BCUT2D eigenvalue weighted by atomic mass is 10.1. The van der Waals surface area contributed by atoms with Gasteiger partial charge in [-0.1, -0.05) is 17.7 Å². The fourth-order valence-corrected chi connectivity index (χ4v) is 3.14. The molecule has 0 bridgehead atoms. The van der Waals surface area contributed by atoms with Crippen molar-refractivity contribution in [3.05, 3.63) is 45.6 Å². The first-order valence-electron chi connectivity index (χ1n) is 8.13. The molecule has 1 aromatic heterocycles. The number of non-ortho nitro benzene ring substituents is 1. The summed E-state index contributed by atoms with van der Waals surface area (Å²) >= 11 is 6.12. The van der Waals surface area contributed by atoms with Gasteiger partial charge in [0.25, 0.3) is 5.69 Å². The van der Waals surface area contributed by atoms with E-state index in [1.165, 1.54) is 18.3 Å². The van der Waals surface area contributed by atoms with Gasteiger partial charge in [-0.05, 0) is 6.07 Å². The minimum Gasteiger partial charge on any atom is -0.468 e. The van der Waals surface area contributed by atoms with E-state index in [9.17, 15) is 15.2 Å². The van der Waals surface area contributed by atoms with Crippen LogP contribution in [0.15, 0.2) is 30.5 Å². The lowest BCUT2D eigenvalue weighted by Crippen LogP contribution is -2.34. The zero-order valence-corrected chi connectivity index (χ0v) is 14.6. The highest BCUT2D eigenvalue weighted by molar-refractivity contribution is 6.31. The van der Waals surface area contributed by atoms with Crippen LogP contribution in [0.3, 0.4) is 0 Å². The molecule has 4 rings (SSSR count). The molecule has 1 aromatic carbocycles. The molecule has 11 heteroatoms. The lowest BCUT2D eigenvalue weighted by Gasteiger charge is -2.18. The van der Waals surface area contributed by atoms with E-state index >= 15 is 0 Å². The Labute approximate surface area is 158 Å². The van der Waals surface area contributed by atoms with Gasteiger partial charge in [0.2, 0.25) is 11.8 Å². The molecule has 2 aromatic rings. The number of hydrogen-bond donors (Lipinski definition) is 2. The van der Waals surface area contributed by atoms with Gasteiger partial charge in [0.15, 0.2) is 6.10 Å². The van der Waals surface area contributed by atoms with Crippen LogP contribution in [0.1, 0.15) is 0 Å². The van der Waals surface area contributed by atoms with E-state index in [2.05, 4.69) is 15.3 Å². The summed E-state index contributed by atoms with van der Waals surface area (Å²) in [6.07, 6.45) is -0.626. The third kappa shape index (κ3) is 3.65. The van der Waals surface area contributed by atoms with Crippen molar-refractivity contribution in [2.75, 3.05) is 18.5 Å². The Morgan fingerprint density at radius 1 is 1.33 bits per heavy atom. The molecule has 4 atom stereocenters. The molecule has 2 saturated heterocycles. The van der Waals surface area contributed by atoms with Crippen molar-refractivity contribution in [2.24, 2.45) is 0 Å². The van der Waals surface area contributed by atoms with Gasteiger partial charge in [0.05, 0.1) is 24.3 Å². The number of benzene rings is 1. The molecule has 27 heavy (non-hydrogen) atoms. The quantitative estimate of drug-likeness (QED) is 0.574. The summed E-state index contributed by atoms with van der Waals surface area (Å²) in [6.45, 7) is 0.423. The maximum atomic E-state index is 10.9. The van der Waals surface area contributed by atoms with Gasteiger partial charge in [-0.3, -0.25) is 10.1 Å². The summed E-state index contributed by atoms with van der Waals surface area (Å²) in [5.41, 5.74) is 0.389. The molecule has 2 aliphatic heterocycles. The molecule has 0 aliphatic carbocycles. The molecule has 2 aliphatic rings. The second-order valence-corrected chi connectivity index (χ2v) is 6.51. The van der Waals surface area contributed by atoms with Crippen LogP contribution in [0.2, 0.25) is 5.02 Å². The van der Waals surface area contributed by atoms with E-state index in [1.54, 1.807) is 12.1 Å². The molecular weight excluding hydrogens is 380 g/mol. The number of hydrogen-bond acceptors (Lipinski definition) is 9. The fraction of sp³-hybridized carbons (Fsp3) is 0.375. The number of nitro groups is 1. The van der Waals surface area contributed by atoms with Gasteiger partial charge in [-0.25, -0.2) is 4.98 Å². The van der Waals surface area contributed by atoms with Crippen LogP contribution in [0, 0.1) is 10.1 Å². The Kier molecular flexibility index (Phi) is 4.79. The lowest BCUT2D eigenvalue weighted by molar-refractivity contribution is -0.384. The highest BCUT2D eigenvalue weighted by Crippen LogP contribution is 2.32. The molecule has 0 amide bonds. The van der Waals surface area contributed by atoms with Crippen LogP contribution in [-0.2, 0) is 9.47 Å². The van der Waals surface area contributed by atoms with Crippen molar-refractivity contribution >= 4 is 28.9 Å². The summed E-state index contributed by atoms with van der Waals surface area (Å²) in [4.78, 5) is 18.7. The van der Waals surface area contributed by atoms with Crippen molar-refractivity contribution in [3.8, 4) is 5.88 Å². The molecule has 2 N–H and O–H groups in total. The number of nitro benzene ring substituents is 1. The molecule has 142 valence electrons. The van der Waals surface area contributed by atoms with Crippen molar-refractivity contribution in [1.82, 2.24) is 9.97 Å². The smallest absolute Gasteiger partial charge is 0.271 e. The summed E-state index contributed by atoms with van der Waals surface area (Å²) < 4.78 is 16.8. The van der Waals surface area contributed by atoms with Crippen LogP contribution < -0.4 is 10.1 Å². The van der Waals surface area contributed by atoms with E-state index < -0.39 is 29.3 Å². The molecular formula is C16H15ClN4O6.